The van der Waals surface area contributed by atoms with Crippen LogP contribution in [0.5, 0.6) is 0 Å². The van der Waals surface area contributed by atoms with Crippen molar-refractivity contribution in [2.24, 2.45) is 0 Å². The Labute approximate surface area is 219 Å². The van der Waals surface area contributed by atoms with Gasteiger partial charge in [0, 0.05) is 42.6 Å². The highest BCUT2D eigenvalue weighted by Crippen LogP contribution is 2.30. The number of rotatable bonds is 8. The number of aliphatic carboxylic acids is 1. The molecule has 1 aliphatic heterocycles. The molecule has 1 fully saturated rings. The van der Waals surface area contributed by atoms with Crippen LogP contribution in [0.4, 0.5) is 8.78 Å². The first-order valence-electron chi connectivity index (χ1n) is 12.7. The molecule has 1 aromatic heterocycles. The fraction of sp³-hybridized carbons (Fsp3) is 0.267. The summed E-state index contributed by atoms with van der Waals surface area (Å²) in [6.07, 6.45) is 2.22. The number of carbonyl (C=O) groups is 2. The number of unbranched alkanes of at least 4 members (excludes halogenated alkanes) is 1. The standard InChI is InChI=1S/C30H27F2N3O3/c31-22-11-12-23(24(32)17-22)29-26(8-4-5-9-28(36)37)33-27-16-20(10-13-25(27)34-29)30(38)35-15-14-21(18-35)19-6-2-1-3-7-19/h1-3,6-7,10-13,16-17,21H,4-5,8-9,14-15,18H2,(H,36,37). The second kappa shape index (κ2) is 11.0. The lowest BCUT2D eigenvalue weighted by Gasteiger charge is -2.17. The van der Waals surface area contributed by atoms with Gasteiger partial charge < -0.3 is 10.0 Å². The highest BCUT2D eigenvalue weighted by atomic mass is 19.1. The van der Waals surface area contributed by atoms with Gasteiger partial charge in [-0.15, -0.1) is 0 Å². The predicted molar refractivity (Wildman–Crippen MR) is 140 cm³/mol. The average Bonchev–Trinajstić information content (AvgIpc) is 3.41. The molecule has 1 amide bonds. The highest BCUT2D eigenvalue weighted by Gasteiger charge is 2.28. The van der Waals surface area contributed by atoms with Crippen LogP contribution in [0.3, 0.4) is 0 Å². The van der Waals surface area contributed by atoms with Gasteiger partial charge in [-0.2, -0.15) is 0 Å². The molecule has 4 aromatic rings. The molecule has 0 radical (unpaired) electrons. The third-order valence-corrected chi connectivity index (χ3v) is 6.97. The van der Waals surface area contributed by atoms with Crippen molar-refractivity contribution in [1.82, 2.24) is 14.9 Å². The van der Waals surface area contributed by atoms with E-state index in [-0.39, 0.29) is 23.6 Å². The van der Waals surface area contributed by atoms with Crippen LogP contribution in [0.15, 0.2) is 66.7 Å². The fourth-order valence-electron chi connectivity index (χ4n) is 4.99. The number of nitrogens with zero attached hydrogens (tertiary/aromatic N) is 3. The minimum absolute atomic E-state index is 0.0136. The molecular formula is C30H27F2N3O3. The van der Waals surface area contributed by atoms with E-state index in [0.29, 0.717) is 60.6 Å². The molecule has 0 spiro atoms. The molecule has 38 heavy (non-hydrogen) atoms. The maximum absolute atomic E-state index is 14.7. The Morgan fingerprint density at radius 1 is 0.947 bits per heavy atom. The second-order valence-electron chi connectivity index (χ2n) is 9.59. The lowest BCUT2D eigenvalue weighted by molar-refractivity contribution is -0.137. The Morgan fingerprint density at radius 2 is 1.76 bits per heavy atom. The smallest absolute Gasteiger partial charge is 0.303 e. The molecule has 194 valence electrons. The first-order valence-corrected chi connectivity index (χ1v) is 12.7. The Balaban J connectivity index is 1.44. The first kappa shape index (κ1) is 25.4. The molecule has 0 aliphatic carbocycles. The summed E-state index contributed by atoms with van der Waals surface area (Å²) < 4.78 is 28.2. The summed E-state index contributed by atoms with van der Waals surface area (Å²) >= 11 is 0. The third kappa shape index (κ3) is 5.54. The number of carbonyl (C=O) groups excluding carboxylic acids is 1. The number of hydrogen-bond donors (Lipinski definition) is 1. The van der Waals surface area contributed by atoms with Crippen LogP contribution in [0.2, 0.25) is 0 Å². The molecule has 1 atom stereocenters. The monoisotopic (exact) mass is 515 g/mol. The Morgan fingerprint density at radius 3 is 2.53 bits per heavy atom. The Kier molecular flexibility index (Phi) is 7.40. The van der Waals surface area contributed by atoms with Gasteiger partial charge in [0.25, 0.3) is 5.91 Å². The number of benzene rings is 3. The third-order valence-electron chi connectivity index (χ3n) is 6.97. The van der Waals surface area contributed by atoms with E-state index in [4.69, 9.17) is 10.1 Å². The van der Waals surface area contributed by atoms with Crippen LogP contribution in [-0.4, -0.2) is 44.9 Å². The van der Waals surface area contributed by atoms with Crippen molar-refractivity contribution in [1.29, 1.82) is 0 Å². The Hall–Kier alpha value is -4.20. The first-order chi connectivity index (χ1) is 18.4. The normalized spacial score (nSPS) is 15.2. The quantitative estimate of drug-likeness (QED) is 0.291. The molecule has 3 aromatic carbocycles. The number of halogens is 2. The van der Waals surface area contributed by atoms with E-state index in [9.17, 15) is 18.4 Å². The van der Waals surface area contributed by atoms with Gasteiger partial charge in [-0.05, 0) is 61.6 Å². The van der Waals surface area contributed by atoms with E-state index in [0.717, 1.165) is 12.5 Å². The number of hydrogen-bond acceptors (Lipinski definition) is 4. The van der Waals surface area contributed by atoms with E-state index in [1.54, 1.807) is 18.2 Å². The van der Waals surface area contributed by atoms with Gasteiger partial charge in [-0.25, -0.2) is 18.7 Å². The molecule has 8 heteroatoms. The number of fused-ring (bicyclic) bond motifs is 1. The topological polar surface area (TPSA) is 83.4 Å². The molecule has 0 saturated carbocycles. The van der Waals surface area contributed by atoms with E-state index in [2.05, 4.69) is 17.1 Å². The molecule has 1 aliphatic rings. The lowest BCUT2D eigenvalue weighted by atomic mass is 9.99. The van der Waals surface area contributed by atoms with Crippen LogP contribution < -0.4 is 0 Å². The van der Waals surface area contributed by atoms with Crippen LogP contribution in [0.25, 0.3) is 22.3 Å². The van der Waals surface area contributed by atoms with Crippen molar-refractivity contribution in [3.63, 3.8) is 0 Å². The van der Waals surface area contributed by atoms with E-state index in [1.807, 2.05) is 23.1 Å². The van der Waals surface area contributed by atoms with Crippen molar-refractivity contribution in [3.05, 3.63) is 95.2 Å². The zero-order chi connectivity index (χ0) is 26.6. The lowest BCUT2D eigenvalue weighted by Crippen LogP contribution is -2.28. The van der Waals surface area contributed by atoms with Crippen LogP contribution >= 0.6 is 0 Å². The number of likely N-dealkylation sites (tertiary alicyclic amines) is 1. The Bertz CT molecular complexity index is 1490. The van der Waals surface area contributed by atoms with Gasteiger partial charge in [0.05, 0.1) is 22.4 Å². The summed E-state index contributed by atoms with van der Waals surface area (Å²) in [4.78, 5) is 35.4. The van der Waals surface area contributed by atoms with Crippen LogP contribution in [0.1, 0.15) is 53.2 Å². The highest BCUT2D eigenvalue weighted by molar-refractivity contribution is 5.97. The van der Waals surface area contributed by atoms with Gasteiger partial charge in [0.2, 0.25) is 0 Å². The summed E-state index contributed by atoms with van der Waals surface area (Å²) in [6.45, 7) is 1.31. The SMILES string of the molecule is O=C(O)CCCCc1nc2cc(C(=O)N3CCC(c4ccccc4)C3)ccc2nc1-c1ccc(F)cc1F. The molecule has 5 rings (SSSR count). The number of carboxylic acid groups (broad SMARTS) is 1. The van der Waals surface area contributed by atoms with Crippen LogP contribution in [0, 0.1) is 11.6 Å². The van der Waals surface area contributed by atoms with Crippen molar-refractivity contribution in [3.8, 4) is 11.3 Å². The molecule has 1 N–H and O–H groups in total. The maximum Gasteiger partial charge on any atom is 0.303 e. The van der Waals surface area contributed by atoms with E-state index in [1.165, 1.54) is 17.7 Å². The number of aryl methyl sites for hydroxylation is 1. The van der Waals surface area contributed by atoms with Gasteiger partial charge in [0.15, 0.2) is 0 Å². The summed E-state index contributed by atoms with van der Waals surface area (Å²) in [5.41, 5.74) is 3.58. The molecule has 0 bridgehead atoms. The summed E-state index contributed by atoms with van der Waals surface area (Å²) in [6, 6.07) is 18.6. The zero-order valence-electron chi connectivity index (χ0n) is 20.7. The molecular weight excluding hydrogens is 488 g/mol. The zero-order valence-corrected chi connectivity index (χ0v) is 20.7. The fourth-order valence-corrected chi connectivity index (χ4v) is 4.99. The summed E-state index contributed by atoms with van der Waals surface area (Å²) in [7, 11) is 0. The van der Waals surface area contributed by atoms with Crippen LogP contribution in [-0.2, 0) is 11.2 Å². The van der Waals surface area contributed by atoms with E-state index < -0.39 is 17.6 Å². The number of carboxylic acids is 1. The van der Waals surface area contributed by atoms with Gasteiger partial charge in [0.1, 0.15) is 11.6 Å². The predicted octanol–water partition coefficient (Wildman–Crippen LogP) is 6.00. The van der Waals surface area contributed by atoms with Gasteiger partial charge in [-0.3, -0.25) is 9.59 Å². The van der Waals surface area contributed by atoms with Crippen molar-refractivity contribution >= 4 is 22.9 Å². The molecule has 2 heterocycles. The largest absolute Gasteiger partial charge is 0.481 e. The van der Waals surface area contributed by atoms with Gasteiger partial charge in [-0.1, -0.05) is 30.3 Å². The minimum Gasteiger partial charge on any atom is -0.481 e. The second-order valence-corrected chi connectivity index (χ2v) is 9.59. The molecule has 1 unspecified atom stereocenters. The van der Waals surface area contributed by atoms with Crippen molar-refractivity contribution in [2.45, 2.75) is 38.0 Å². The molecule has 1 saturated heterocycles. The van der Waals surface area contributed by atoms with Crippen molar-refractivity contribution < 1.29 is 23.5 Å². The van der Waals surface area contributed by atoms with E-state index >= 15 is 0 Å². The number of amides is 1. The summed E-state index contributed by atoms with van der Waals surface area (Å²) in [5, 5.41) is 8.95. The van der Waals surface area contributed by atoms with Gasteiger partial charge >= 0.3 is 5.97 Å². The van der Waals surface area contributed by atoms with Crippen molar-refractivity contribution in [2.75, 3.05) is 13.1 Å². The molecule has 6 nitrogen and oxygen atoms in total. The maximum atomic E-state index is 14.7. The summed E-state index contributed by atoms with van der Waals surface area (Å²) in [5.74, 6) is -2.12. The number of aromatic nitrogens is 2. The minimum atomic E-state index is -0.890. The average molecular weight is 516 g/mol.